The zero-order valence-electron chi connectivity index (χ0n) is 12.2. The molecule has 0 aromatic heterocycles. The van der Waals surface area contributed by atoms with Crippen LogP contribution in [-0.4, -0.2) is 43.2 Å². The first-order valence-electron chi connectivity index (χ1n) is 6.86. The number of amides is 1. The monoisotopic (exact) mass is 296 g/mol. The van der Waals surface area contributed by atoms with Crippen molar-refractivity contribution < 1.29 is 9.53 Å². The van der Waals surface area contributed by atoms with Crippen LogP contribution in [0.1, 0.15) is 18.1 Å². The molecule has 1 aliphatic heterocycles. The van der Waals surface area contributed by atoms with Crippen LogP contribution in [-0.2, 0) is 9.53 Å². The molecule has 1 aromatic carbocycles. The van der Waals surface area contributed by atoms with Gasteiger partial charge in [0.25, 0.3) is 0 Å². The third-order valence-electron chi connectivity index (χ3n) is 3.39. The molecule has 1 aromatic rings. The average molecular weight is 297 g/mol. The number of carbonyl (C=O) groups excluding carboxylic acids is 1. The van der Waals surface area contributed by atoms with E-state index in [1.165, 1.54) is 0 Å². The van der Waals surface area contributed by atoms with Crippen LogP contribution >= 0.6 is 11.6 Å². The van der Waals surface area contributed by atoms with Gasteiger partial charge in [-0.3, -0.25) is 9.69 Å². The molecule has 1 atom stereocenters. The van der Waals surface area contributed by atoms with Gasteiger partial charge in [0.2, 0.25) is 5.91 Å². The number of nitrogens with one attached hydrogen (secondary N) is 1. The highest BCUT2D eigenvalue weighted by Crippen LogP contribution is 2.27. The molecule has 0 saturated carbocycles. The lowest BCUT2D eigenvalue weighted by Gasteiger charge is -2.30. The predicted molar refractivity (Wildman–Crippen MR) is 81.4 cm³/mol. The van der Waals surface area contributed by atoms with Gasteiger partial charge in [-0.2, -0.15) is 0 Å². The largest absolute Gasteiger partial charge is 0.376 e. The number of ether oxygens (including phenoxy) is 1. The summed E-state index contributed by atoms with van der Waals surface area (Å²) in [7, 11) is 0. The van der Waals surface area contributed by atoms with E-state index in [2.05, 4.69) is 10.2 Å². The molecule has 1 unspecified atom stereocenters. The maximum atomic E-state index is 12.1. The van der Waals surface area contributed by atoms with Crippen LogP contribution in [0.25, 0.3) is 0 Å². The van der Waals surface area contributed by atoms with E-state index in [9.17, 15) is 4.79 Å². The zero-order valence-corrected chi connectivity index (χ0v) is 13.0. The first-order valence-corrected chi connectivity index (χ1v) is 7.24. The van der Waals surface area contributed by atoms with Crippen LogP contribution in [0.5, 0.6) is 0 Å². The lowest BCUT2D eigenvalue weighted by Crippen LogP contribution is -2.44. The third kappa shape index (κ3) is 3.95. The lowest BCUT2D eigenvalue weighted by atomic mass is 10.1. The number of aryl methyl sites for hydroxylation is 2. The molecule has 1 aliphatic rings. The third-order valence-corrected chi connectivity index (χ3v) is 3.69. The first-order chi connectivity index (χ1) is 9.45. The van der Waals surface area contributed by atoms with E-state index in [0.717, 1.165) is 24.2 Å². The Morgan fingerprint density at radius 1 is 1.50 bits per heavy atom. The number of anilines is 1. The first kappa shape index (κ1) is 15.3. The van der Waals surface area contributed by atoms with Gasteiger partial charge in [0.1, 0.15) is 0 Å². The summed E-state index contributed by atoms with van der Waals surface area (Å²) in [5.74, 6) is -0.0343. The molecule has 0 bridgehead atoms. The molecule has 5 heteroatoms. The van der Waals surface area contributed by atoms with E-state index < -0.39 is 0 Å². The summed E-state index contributed by atoms with van der Waals surface area (Å²) < 4.78 is 5.46. The number of morpholine rings is 1. The Morgan fingerprint density at radius 2 is 2.25 bits per heavy atom. The lowest BCUT2D eigenvalue weighted by molar-refractivity contribution is -0.119. The minimum Gasteiger partial charge on any atom is -0.376 e. The molecule has 0 spiro atoms. The van der Waals surface area contributed by atoms with E-state index in [1.807, 2.05) is 32.9 Å². The minimum atomic E-state index is -0.0343. The Kier molecular flexibility index (Phi) is 5.02. The molecule has 1 N–H and O–H groups in total. The molecule has 20 heavy (non-hydrogen) atoms. The van der Waals surface area contributed by atoms with Crippen LogP contribution in [0.3, 0.4) is 0 Å². The summed E-state index contributed by atoms with van der Waals surface area (Å²) in [6, 6.07) is 3.87. The van der Waals surface area contributed by atoms with E-state index in [-0.39, 0.29) is 12.0 Å². The molecule has 2 rings (SSSR count). The van der Waals surface area contributed by atoms with Gasteiger partial charge in [0, 0.05) is 13.1 Å². The van der Waals surface area contributed by atoms with Crippen molar-refractivity contribution in [2.75, 3.05) is 31.6 Å². The van der Waals surface area contributed by atoms with E-state index in [1.54, 1.807) is 0 Å². The summed E-state index contributed by atoms with van der Waals surface area (Å²) in [5.41, 5.74) is 2.79. The normalized spacial score (nSPS) is 19.9. The van der Waals surface area contributed by atoms with Crippen molar-refractivity contribution in [2.24, 2.45) is 0 Å². The summed E-state index contributed by atoms with van der Waals surface area (Å²) >= 11 is 6.20. The SMILES string of the molecule is Cc1cc(C)c(NC(=O)CN2CCOC(C)C2)c(Cl)c1. The fraction of sp³-hybridized carbons (Fsp3) is 0.533. The van der Waals surface area contributed by atoms with Gasteiger partial charge < -0.3 is 10.1 Å². The van der Waals surface area contributed by atoms with E-state index in [0.29, 0.717) is 23.9 Å². The standard InChI is InChI=1S/C15H21ClN2O2/c1-10-6-11(2)15(13(16)7-10)17-14(19)9-18-4-5-20-12(3)8-18/h6-7,12H,4-5,8-9H2,1-3H3,(H,17,19). The van der Waals surface area contributed by atoms with Gasteiger partial charge in [-0.15, -0.1) is 0 Å². The zero-order chi connectivity index (χ0) is 14.7. The molecule has 1 saturated heterocycles. The highest BCUT2D eigenvalue weighted by Gasteiger charge is 2.19. The molecular weight excluding hydrogens is 276 g/mol. The Balaban J connectivity index is 1.98. The second-order valence-corrected chi connectivity index (χ2v) is 5.81. The van der Waals surface area contributed by atoms with Gasteiger partial charge in [-0.25, -0.2) is 0 Å². The van der Waals surface area contributed by atoms with Crippen molar-refractivity contribution in [2.45, 2.75) is 26.9 Å². The fourth-order valence-electron chi connectivity index (χ4n) is 2.49. The van der Waals surface area contributed by atoms with Crippen molar-refractivity contribution in [3.05, 3.63) is 28.3 Å². The topological polar surface area (TPSA) is 41.6 Å². The molecule has 4 nitrogen and oxygen atoms in total. The summed E-state index contributed by atoms with van der Waals surface area (Å²) in [5, 5.41) is 3.50. The van der Waals surface area contributed by atoms with Crippen LogP contribution in [0.4, 0.5) is 5.69 Å². The molecule has 0 aliphatic carbocycles. The van der Waals surface area contributed by atoms with Crippen molar-refractivity contribution in [1.82, 2.24) is 4.90 Å². The van der Waals surface area contributed by atoms with E-state index in [4.69, 9.17) is 16.3 Å². The van der Waals surface area contributed by atoms with Crippen molar-refractivity contribution in [1.29, 1.82) is 0 Å². The second-order valence-electron chi connectivity index (χ2n) is 5.40. The summed E-state index contributed by atoms with van der Waals surface area (Å²) in [6.45, 7) is 8.58. The van der Waals surface area contributed by atoms with Crippen molar-refractivity contribution >= 4 is 23.2 Å². The van der Waals surface area contributed by atoms with Crippen molar-refractivity contribution in [3.8, 4) is 0 Å². The predicted octanol–water partition coefficient (Wildman–Crippen LogP) is 2.62. The molecule has 110 valence electrons. The summed E-state index contributed by atoms with van der Waals surface area (Å²) in [6.07, 6.45) is 0.182. The molecule has 1 amide bonds. The minimum absolute atomic E-state index is 0.0343. The number of halogens is 1. The van der Waals surface area contributed by atoms with Gasteiger partial charge in [0.15, 0.2) is 0 Å². The van der Waals surface area contributed by atoms with Gasteiger partial charge in [-0.05, 0) is 38.0 Å². The quantitative estimate of drug-likeness (QED) is 0.932. The van der Waals surface area contributed by atoms with Crippen LogP contribution in [0.2, 0.25) is 5.02 Å². The number of hydrogen-bond acceptors (Lipinski definition) is 3. The average Bonchev–Trinajstić information content (AvgIpc) is 2.33. The van der Waals surface area contributed by atoms with Gasteiger partial charge in [0.05, 0.1) is 30.0 Å². The van der Waals surface area contributed by atoms with E-state index >= 15 is 0 Å². The molecule has 1 heterocycles. The number of benzene rings is 1. The Hall–Kier alpha value is -1.10. The summed E-state index contributed by atoms with van der Waals surface area (Å²) in [4.78, 5) is 14.2. The maximum absolute atomic E-state index is 12.1. The van der Waals surface area contributed by atoms with Crippen LogP contribution < -0.4 is 5.32 Å². The van der Waals surface area contributed by atoms with Crippen molar-refractivity contribution in [3.63, 3.8) is 0 Å². The second kappa shape index (κ2) is 6.57. The smallest absolute Gasteiger partial charge is 0.238 e. The fourth-order valence-corrected chi connectivity index (χ4v) is 2.86. The Morgan fingerprint density at radius 3 is 2.90 bits per heavy atom. The highest BCUT2D eigenvalue weighted by molar-refractivity contribution is 6.34. The van der Waals surface area contributed by atoms with Gasteiger partial charge in [-0.1, -0.05) is 17.7 Å². The van der Waals surface area contributed by atoms with Crippen LogP contribution in [0, 0.1) is 13.8 Å². The Labute approximate surface area is 125 Å². The number of hydrogen-bond donors (Lipinski definition) is 1. The molecule has 0 radical (unpaired) electrons. The maximum Gasteiger partial charge on any atom is 0.238 e. The van der Waals surface area contributed by atoms with Gasteiger partial charge >= 0.3 is 0 Å². The molecule has 1 fully saturated rings. The Bertz CT molecular complexity index is 482. The number of carbonyl (C=O) groups is 1. The number of rotatable bonds is 3. The van der Waals surface area contributed by atoms with Crippen LogP contribution in [0.15, 0.2) is 12.1 Å². The highest BCUT2D eigenvalue weighted by atomic mass is 35.5. The molecular formula is C15H21ClN2O2. The number of nitrogens with zero attached hydrogens (tertiary/aromatic N) is 1.